The fraction of sp³-hybridized carbons (Fsp3) is 0.160. The minimum Gasteiger partial charge on any atom is -0.497 e. The molecule has 0 aliphatic carbocycles. The largest absolute Gasteiger partial charge is 0.497 e. The second kappa shape index (κ2) is 10.4. The molecule has 0 aromatic heterocycles. The fourth-order valence-corrected chi connectivity index (χ4v) is 4.17. The molecular formula is C25H25NOS2. The van der Waals surface area contributed by atoms with Crippen molar-refractivity contribution >= 4 is 34.3 Å². The van der Waals surface area contributed by atoms with Gasteiger partial charge in [0.1, 0.15) is 10.8 Å². The number of nitrogens with zero attached hydrogens (tertiary/aromatic N) is 1. The predicted molar refractivity (Wildman–Crippen MR) is 128 cm³/mol. The molecule has 0 aliphatic heterocycles. The highest BCUT2D eigenvalue weighted by molar-refractivity contribution is 8.14. The van der Waals surface area contributed by atoms with E-state index in [2.05, 4.69) is 86.8 Å². The number of aliphatic imine (C=N–C) groups is 1. The molecule has 0 radical (unpaired) electrons. The van der Waals surface area contributed by atoms with E-state index in [1.54, 1.807) is 30.6 Å². The molecule has 0 spiro atoms. The second-order valence-corrected chi connectivity index (χ2v) is 8.77. The topological polar surface area (TPSA) is 21.6 Å². The molecule has 0 atom stereocenters. The van der Waals surface area contributed by atoms with Crippen LogP contribution in [0.2, 0.25) is 0 Å². The van der Waals surface area contributed by atoms with Crippen molar-refractivity contribution in [3.63, 3.8) is 0 Å². The first-order valence-corrected chi connectivity index (χ1v) is 11.1. The Balaban J connectivity index is 1.85. The molecular weight excluding hydrogens is 394 g/mol. The number of hydrogen-bond acceptors (Lipinski definition) is 4. The summed E-state index contributed by atoms with van der Waals surface area (Å²) in [5, 5.41) is 3.16. The van der Waals surface area contributed by atoms with Crippen molar-refractivity contribution in [2.45, 2.75) is 30.6 Å². The van der Waals surface area contributed by atoms with Crippen molar-refractivity contribution in [3.8, 4) is 5.75 Å². The van der Waals surface area contributed by atoms with Crippen molar-refractivity contribution in [2.24, 2.45) is 4.99 Å². The van der Waals surface area contributed by atoms with Crippen molar-refractivity contribution in [3.05, 3.63) is 94.9 Å². The summed E-state index contributed by atoms with van der Waals surface area (Å²) in [5.74, 6) is 0.867. The van der Waals surface area contributed by atoms with Crippen LogP contribution >= 0.6 is 23.5 Å². The second-order valence-electron chi connectivity index (χ2n) is 6.76. The van der Waals surface area contributed by atoms with Gasteiger partial charge in [0.05, 0.1) is 12.8 Å². The van der Waals surface area contributed by atoms with Crippen molar-refractivity contribution in [1.29, 1.82) is 0 Å². The van der Waals surface area contributed by atoms with Gasteiger partial charge in [-0.05, 0) is 80.3 Å². The molecule has 0 bridgehead atoms. The van der Waals surface area contributed by atoms with Crippen LogP contribution in [0.3, 0.4) is 0 Å². The maximum atomic E-state index is 5.24. The van der Waals surface area contributed by atoms with Crippen molar-refractivity contribution in [2.75, 3.05) is 7.11 Å². The first kappa shape index (κ1) is 21.3. The van der Waals surface area contributed by atoms with Gasteiger partial charge in [-0.25, -0.2) is 4.99 Å². The van der Waals surface area contributed by atoms with Gasteiger partial charge >= 0.3 is 0 Å². The summed E-state index contributed by atoms with van der Waals surface area (Å²) < 4.78 is 5.24. The van der Waals surface area contributed by atoms with Gasteiger partial charge in [-0.15, -0.1) is 0 Å². The van der Waals surface area contributed by atoms with E-state index in [0.29, 0.717) is 0 Å². The van der Waals surface area contributed by atoms with Gasteiger partial charge in [-0.3, -0.25) is 0 Å². The highest BCUT2D eigenvalue weighted by atomic mass is 32.2. The molecule has 4 heteroatoms. The molecule has 0 fully saturated rings. The highest BCUT2D eigenvalue weighted by Gasteiger charge is 2.07. The van der Waals surface area contributed by atoms with Crippen LogP contribution in [0.1, 0.15) is 18.1 Å². The van der Waals surface area contributed by atoms with Crippen LogP contribution in [0, 0.1) is 13.8 Å². The SMILES string of the molecule is COc1ccc(SC=C(C)C(=Nc2ccc(C)cc2)Sc2ccc(C)cc2)cc1. The number of hydrogen-bond donors (Lipinski definition) is 0. The van der Waals surface area contributed by atoms with Crippen LogP contribution in [0.15, 0.2) is 98.6 Å². The summed E-state index contributed by atoms with van der Waals surface area (Å²) in [5.41, 5.74) is 4.59. The molecule has 148 valence electrons. The van der Waals surface area contributed by atoms with Crippen LogP contribution < -0.4 is 4.74 Å². The first-order valence-electron chi connectivity index (χ1n) is 9.41. The summed E-state index contributed by atoms with van der Waals surface area (Å²) in [4.78, 5) is 7.29. The molecule has 0 N–H and O–H groups in total. The van der Waals surface area contributed by atoms with Gasteiger partial charge in [0.25, 0.3) is 0 Å². The molecule has 0 unspecified atom stereocenters. The third-order valence-electron chi connectivity index (χ3n) is 4.27. The fourth-order valence-electron chi connectivity index (χ4n) is 2.51. The highest BCUT2D eigenvalue weighted by Crippen LogP contribution is 2.30. The van der Waals surface area contributed by atoms with Gasteiger partial charge < -0.3 is 4.74 Å². The molecule has 0 saturated carbocycles. The van der Waals surface area contributed by atoms with Gasteiger partial charge in [0, 0.05) is 9.79 Å². The lowest BCUT2D eigenvalue weighted by molar-refractivity contribution is 0.414. The average Bonchev–Trinajstić information content (AvgIpc) is 2.75. The third kappa shape index (κ3) is 6.55. The number of ether oxygens (including phenoxy) is 1. The van der Waals surface area contributed by atoms with Crippen LogP contribution in [0.4, 0.5) is 5.69 Å². The summed E-state index contributed by atoms with van der Waals surface area (Å²) in [6.07, 6.45) is 0. The van der Waals surface area contributed by atoms with Crippen LogP contribution in [-0.4, -0.2) is 12.2 Å². The normalized spacial score (nSPS) is 12.1. The summed E-state index contributed by atoms with van der Waals surface area (Å²) in [6, 6.07) is 25.0. The van der Waals surface area contributed by atoms with Crippen LogP contribution in [0.25, 0.3) is 0 Å². The van der Waals surface area contributed by atoms with E-state index < -0.39 is 0 Å². The number of thioether (sulfide) groups is 2. The van der Waals surface area contributed by atoms with E-state index in [0.717, 1.165) is 22.1 Å². The molecule has 3 rings (SSSR count). The number of rotatable bonds is 6. The predicted octanol–water partition coefficient (Wildman–Crippen LogP) is 7.83. The molecule has 2 nitrogen and oxygen atoms in total. The molecule has 3 aromatic carbocycles. The minimum atomic E-state index is 0.867. The van der Waals surface area contributed by atoms with Gasteiger partial charge in [-0.2, -0.15) is 0 Å². The Kier molecular flexibility index (Phi) is 7.62. The van der Waals surface area contributed by atoms with Crippen LogP contribution in [0.5, 0.6) is 5.75 Å². The smallest absolute Gasteiger partial charge is 0.118 e. The Morgan fingerprint density at radius 1 is 0.793 bits per heavy atom. The molecule has 0 aliphatic rings. The van der Waals surface area contributed by atoms with E-state index in [9.17, 15) is 0 Å². The lowest BCUT2D eigenvalue weighted by Gasteiger charge is -2.08. The van der Waals surface area contributed by atoms with E-state index >= 15 is 0 Å². The van der Waals surface area contributed by atoms with Crippen molar-refractivity contribution in [1.82, 2.24) is 0 Å². The standard InChI is InChI=1S/C25H25NOS2/c1-18-5-9-21(10-6-18)26-25(29-24-13-7-19(2)8-14-24)20(3)17-28-23-15-11-22(27-4)12-16-23/h5-17H,1-4H3. The van der Waals surface area contributed by atoms with Gasteiger partial charge in [-0.1, -0.05) is 58.9 Å². The lowest BCUT2D eigenvalue weighted by Crippen LogP contribution is -1.94. The average molecular weight is 420 g/mol. The van der Waals surface area contributed by atoms with E-state index in [1.807, 2.05) is 12.1 Å². The van der Waals surface area contributed by atoms with Crippen molar-refractivity contribution < 1.29 is 4.74 Å². The van der Waals surface area contributed by atoms with E-state index in [4.69, 9.17) is 9.73 Å². The number of methoxy groups -OCH3 is 1. The monoisotopic (exact) mass is 419 g/mol. The minimum absolute atomic E-state index is 0.867. The third-order valence-corrected chi connectivity index (χ3v) is 6.40. The maximum absolute atomic E-state index is 5.24. The molecule has 3 aromatic rings. The van der Waals surface area contributed by atoms with E-state index in [1.165, 1.54) is 20.9 Å². The molecule has 29 heavy (non-hydrogen) atoms. The zero-order valence-corrected chi connectivity index (χ0v) is 18.8. The molecule has 0 amide bonds. The zero-order valence-electron chi connectivity index (χ0n) is 17.2. The van der Waals surface area contributed by atoms with E-state index in [-0.39, 0.29) is 0 Å². The Hall–Kier alpha value is -2.43. The summed E-state index contributed by atoms with van der Waals surface area (Å²) >= 11 is 3.38. The molecule has 0 saturated heterocycles. The number of aryl methyl sites for hydroxylation is 2. The maximum Gasteiger partial charge on any atom is 0.118 e. The Morgan fingerprint density at radius 3 is 1.93 bits per heavy atom. The summed E-state index contributed by atoms with van der Waals surface area (Å²) in [7, 11) is 1.68. The number of benzene rings is 3. The Labute approximate surface area is 182 Å². The first-order chi connectivity index (χ1) is 14.0. The lowest BCUT2D eigenvalue weighted by atomic mass is 10.2. The quantitative estimate of drug-likeness (QED) is 0.231. The molecule has 0 heterocycles. The van der Waals surface area contributed by atoms with Gasteiger partial charge in [0.2, 0.25) is 0 Å². The Morgan fingerprint density at radius 2 is 1.34 bits per heavy atom. The summed E-state index contributed by atoms with van der Waals surface area (Å²) in [6.45, 7) is 6.31. The Bertz CT molecular complexity index is 989. The van der Waals surface area contributed by atoms with Gasteiger partial charge in [0.15, 0.2) is 0 Å². The van der Waals surface area contributed by atoms with Crippen LogP contribution in [-0.2, 0) is 0 Å². The zero-order chi connectivity index (χ0) is 20.6.